The third-order valence-corrected chi connectivity index (χ3v) is 3.46. The molecule has 4 nitrogen and oxygen atoms in total. The van der Waals surface area contributed by atoms with E-state index in [1.165, 1.54) is 0 Å². The van der Waals surface area contributed by atoms with Gasteiger partial charge in [0.15, 0.2) is 0 Å². The summed E-state index contributed by atoms with van der Waals surface area (Å²) in [5.41, 5.74) is 4.58. The molecule has 104 valence electrons. The van der Waals surface area contributed by atoms with Crippen molar-refractivity contribution >= 4 is 5.97 Å². The van der Waals surface area contributed by atoms with Gasteiger partial charge in [0.25, 0.3) is 0 Å². The van der Waals surface area contributed by atoms with E-state index in [0.717, 1.165) is 22.4 Å². The van der Waals surface area contributed by atoms with E-state index in [1.807, 2.05) is 42.0 Å². The van der Waals surface area contributed by atoms with E-state index >= 15 is 0 Å². The molecule has 1 heterocycles. The highest BCUT2D eigenvalue weighted by atomic mass is 16.4. The number of nitrogens with zero attached hydrogens (tertiary/aromatic N) is 2. The molecule has 0 atom stereocenters. The number of carboxylic acid groups (broad SMARTS) is 1. The summed E-state index contributed by atoms with van der Waals surface area (Å²) in [4.78, 5) is 14.9. The van der Waals surface area contributed by atoms with Crippen molar-refractivity contribution in [1.82, 2.24) is 9.55 Å². The molecular weight excluding hydrogens is 264 g/mol. The Morgan fingerprint density at radius 1 is 1.14 bits per heavy atom. The van der Waals surface area contributed by atoms with Crippen LogP contribution >= 0.6 is 0 Å². The first-order valence-corrected chi connectivity index (χ1v) is 6.58. The van der Waals surface area contributed by atoms with E-state index in [1.54, 1.807) is 24.7 Å². The minimum Gasteiger partial charge on any atom is -0.478 e. The highest BCUT2D eigenvalue weighted by molar-refractivity contribution is 5.88. The number of rotatable bonds is 3. The molecule has 0 saturated carbocycles. The molecule has 0 bridgehead atoms. The average molecular weight is 278 g/mol. The van der Waals surface area contributed by atoms with Crippen LogP contribution in [0.15, 0.2) is 61.2 Å². The van der Waals surface area contributed by atoms with Gasteiger partial charge in [-0.25, -0.2) is 9.78 Å². The van der Waals surface area contributed by atoms with Crippen LogP contribution in [0.25, 0.3) is 16.8 Å². The van der Waals surface area contributed by atoms with Crippen molar-refractivity contribution in [2.45, 2.75) is 6.92 Å². The van der Waals surface area contributed by atoms with Gasteiger partial charge < -0.3 is 9.67 Å². The van der Waals surface area contributed by atoms with Gasteiger partial charge in [-0.05, 0) is 47.9 Å². The minimum absolute atomic E-state index is 0.298. The normalized spacial score (nSPS) is 10.5. The second kappa shape index (κ2) is 5.25. The van der Waals surface area contributed by atoms with Crippen LogP contribution in [0.2, 0.25) is 0 Å². The lowest BCUT2D eigenvalue weighted by atomic mass is 9.99. The van der Waals surface area contributed by atoms with Crippen LogP contribution in [0.5, 0.6) is 0 Å². The number of hydrogen-bond acceptors (Lipinski definition) is 2. The number of aryl methyl sites for hydroxylation is 1. The average Bonchev–Trinajstić information content (AvgIpc) is 3.01. The van der Waals surface area contributed by atoms with E-state index < -0.39 is 5.97 Å². The van der Waals surface area contributed by atoms with Crippen molar-refractivity contribution in [2.75, 3.05) is 0 Å². The maximum atomic E-state index is 10.9. The molecule has 1 N–H and O–H groups in total. The van der Waals surface area contributed by atoms with E-state index in [2.05, 4.69) is 11.1 Å². The number of benzene rings is 2. The molecule has 0 amide bonds. The Hall–Kier alpha value is -2.88. The van der Waals surface area contributed by atoms with Crippen molar-refractivity contribution in [3.8, 4) is 16.8 Å². The summed E-state index contributed by atoms with van der Waals surface area (Å²) in [5.74, 6) is -0.909. The predicted octanol–water partition coefficient (Wildman–Crippen LogP) is 3.55. The predicted molar refractivity (Wildman–Crippen MR) is 80.7 cm³/mol. The molecule has 21 heavy (non-hydrogen) atoms. The van der Waals surface area contributed by atoms with E-state index in [9.17, 15) is 4.79 Å². The summed E-state index contributed by atoms with van der Waals surface area (Å²) in [7, 11) is 0. The highest BCUT2D eigenvalue weighted by Gasteiger charge is 2.06. The van der Waals surface area contributed by atoms with Crippen LogP contribution in [0, 0.1) is 6.92 Å². The third kappa shape index (κ3) is 2.56. The van der Waals surface area contributed by atoms with Crippen LogP contribution in [0.4, 0.5) is 0 Å². The molecule has 0 aliphatic heterocycles. The molecule has 0 unspecified atom stereocenters. The van der Waals surface area contributed by atoms with Crippen molar-refractivity contribution in [2.24, 2.45) is 0 Å². The van der Waals surface area contributed by atoms with Crippen molar-refractivity contribution in [3.05, 3.63) is 72.3 Å². The maximum absolute atomic E-state index is 10.9. The van der Waals surface area contributed by atoms with Crippen LogP contribution < -0.4 is 0 Å². The zero-order chi connectivity index (χ0) is 14.8. The lowest BCUT2D eigenvalue weighted by Gasteiger charge is -2.09. The highest BCUT2D eigenvalue weighted by Crippen LogP contribution is 2.25. The fourth-order valence-corrected chi connectivity index (χ4v) is 2.34. The zero-order valence-corrected chi connectivity index (χ0v) is 11.5. The Labute approximate surface area is 122 Å². The van der Waals surface area contributed by atoms with Crippen LogP contribution in [-0.4, -0.2) is 20.6 Å². The van der Waals surface area contributed by atoms with E-state index in [-0.39, 0.29) is 0 Å². The van der Waals surface area contributed by atoms with Gasteiger partial charge in [-0.15, -0.1) is 0 Å². The Balaban J connectivity index is 1.97. The second-order valence-electron chi connectivity index (χ2n) is 4.85. The van der Waals surface area contributed by atoms with E-state index in [4.69, 9.17) is 5.11 Å². The number of carbonyl (C=O) groups is 1. The van der Waals surface area contributed by atoms with Crippen LogP contribution in [-0.2, 0) is 0 Å². The summed E-state index contributed by atoms with van der Waals surface area (Å²) in [6.45, 7) is 2.04. The Bertz CT molecular complexity index is 775. The maximum Gasteiger partial charge on any atom is 0.335 e. The first-order chi connectivity index (χ1) is 10.1. The molecule has 0 aliphatic rings. The molecular formula is C17H14N2O2. The molecule has 0 radical (unpaired) electrons. The summed E-state index contributed by atoms with van der Waals surface area (Å²) in [6.07, 6.45) is 5.40. The standard InChI is InChI=1S/C17H14N2O2/c1-12-10-15(19-9-8-18-11-19)6-7-16(12)13-2-4-14(5-3-13)17(20)21/h2-11H,1H3,(H,20,21). The van der Waals surface area contributed by atoms with Crippen LogP contribution in [0.3, 0.4) is 0 Å². The van der Waals surface area contributed by atoms with Gasteiger partial charge >= 0.3 is 5.97 Å². The van der Waals surface area contributed by atoms with Gasteiger partial charge in [0.1, 0.15) is 0 Å². The first-order valence-electron chi connectivity index (χ1n) is 6.58. The topological polar surface area (TPSA) is 55.1 Å². The lowest BCUT2D eigenvalue weighted by Crippen LogP contribution is -1.96. The second-order valence-corrected chi connectivity index (χ2v) is 4.85. The summed E-state index contributed by atoms with van der Waals surface area (Å²) in [6, 6.07) is 13.1. The third-order valence-electron chi connectivity index (χ3n) is 3.46. The largest absolute Gasteiger partial charge is 0.478 e. The van der Waals surface area contributed by atoms with Crippen LogP contribution in [0.1, 0.15) is 15.9 Å². The van der Waals surface area contributed by atoms with Gasteiger partial charge in [-0.2, -0.15) is 0 Å². The van der Waals surface area contributed by atoms with Gasteiger partial charge in [-0.1, -0.05) is 18.2 Å². The number of aromatic carboxylic acids is 1. The number of imidazole rings is 1. The van der Waals surface area contributed by atoms with Crippen molar-refractivity contribution in [1.29, 1.82) is 0 Å². The van der Waals surface area contributed by atoms with E-state index in [0.29, 0.717) is 5.56 Å². The summed E-state index contributed by atoms with van der Waals surface area (Å²) < 4.78 is 1.95. The SMILES string of the molecule is Cc1cc(-n2ccnc2)ccc1-c1ccc(C(=O)O)cc1. The fourth-order valence-electron chi connectivity index (χ4n) is 2.34. The van der Waals surface area contributed by atoms with Crippen molar-refractivity contribution in [3.63, 3.8) is 0 Å². The molecule has 2 aromatic carbocycles. The number of hydrogen-bond donors (Lipinski definition) is 1. The Morgan fingerprint density at radius 2 is 1.90 bits per heavy atom. The molecule has 3 rings (SSSR count). The van der Waals surface area contributed by atoms with Gasteiger partial charge in [0.2, 0.25) is 0 Å². The van der Waals surface area contributed by atoms with Gasteiger partial charge in [0, 0.05) is 18.1 Å². The van der Waals surface area contributed by atoms with Crippen molar-refractivity contribution < 1.29 is 9.90 Å². The smallest absolute Gasteiger partial charge is 0.335 e. The Kier molecular flexibility index (Phi) is 3.28. The lowest BCUT2D eigenvalue weighted by molar-refractivity contribution is 0.0697. The summed E-state index contributed by atoms with van der Waals surface area (Å²) >= 11 is 0. The molecule has 4 heteroatoms. The van der Waals surface area contributed by atoms with Gasteiger partial charge in [0.05, 0.1) is 11.9 Å². The molecule has 0 spiro atoms. The molecule has 1 aromatic heterocycles. The minimum atomic E-state index is -0.909. The zero-order valence-electron chi connectivity index (χ0n) is 11.5. The molecule has 3 aromatic rings. The summed E-state index contributed by atoms with van der Waals surface area (Å²) in [5, 5.41) is 8.93. The Morgan fingerprint density at radius 3 is 2.48 bits per heavy atom. The van der Waals surface area contributed by atoms with Gasteiger partial charge in [-0.3, -0.25) is 0 Å². The fraction of sp³-hybridized carbons (Fsp3) is 0.0588. The number of carboxylic acids is 1. The quantitative estimate of drug-likeness (QED) is 0.797. The molecule has 0 saturated heterocycles. The first kappa shape index (κ1) is 13.1. The number of aromatic nitrogens is 2. The molecule has 0 fully saturated rings. The monoisotopic (exact) mass is 278 g/mol. The molecule has 0 aliphatic carbocycles.